The van der Waals surface area contributed by atoms with Gasteiger partial charge < -0.3 is 9.47 Å². The molecule has 2 unspecified atom stereocenters. The summed E-state index contributed by atoms with van der Waals surface area (Å²) in [6.45, 7) is 0. The number of ether oxygens (including phenoxy) is 2. The molecule has 0 saturated heterocycles. The average Bonchev–Trinajstić information content (AvgIpc) is 3.00. The van der Waals surface area contributed by atoms with E-state index < -0.39 is 23.9 Å². The highest BCUT2D eigenvalue weighted by Crippen LogP contribution is 2.32. The Morgan fingerprint density at radius 1 is 1.18 bits per heavy atom. The maximum absolute atomic E-state index is 13.4. The predicted molar refractivity (Wildman–Crippen MR) is 79.0 cm³/mol. The zero-order valence-electron chi connectivity index (χ0n) is 11.9. The maximum atomic E-state index is 13.4. The van der Waals surface area contributed by atoms with Crippen molar-refractivity contribution in [2.75, 3.05) is 7.11 Å². The van der Waals surface area contributed by atoms with Crippen LogP contribution in [0.4, 0.5) is 4.39 Å². The Morgan fingerprint density at radius 3 is 2.64 bits per heavy atom. The van der Waals surface area contributed by atoms with Crippen LogP contribution in [0.2, 0.25) is 0 Å². The molecule has 2 aromatic carbocycles. The second-order valence-corrected chi connectivity index (χ2v) is 4.86. The zero-order valence-corrected chi connectivity index (χ0v) is 11.9. The summed E-state index contributed by atoms with van der Waals surface area (Å²) >= 11 is 0. The van der Waals surface area contributed by atoms with E-state index in [1.807, 2.05) is 30.3 Å². The van der Waals surface area contributed by atoms with Gasteiger partial charge in [0, 0.05) is 5.56 Å². The molecule has 1 aliphatic heterocycles. The lowest BCUT2D eigenvalue weighted by Gasteiger charge is -2.16. The number of benzene rings is 2. The number of aliphatic imine (C=N–C) groups is 1. The Labute approximate surface area is 127 Å². The number of methoxy groups -OCH3 is 1. The van der Waals surface area contributed by atoms with Gasteiger partial charge in [0.25, 0.3) is 0 Å². The highest BCUT2D eigenvalue weighted by molar-refractivity contribution is 5.98. The van der Waals surface area contributed by atoms with Gasteiger partial charge in [-0.15, -0.1) is 0 Å². The van der Waals surface area contributed by atoms with Gasteiger partial charge in [0.1, 0.15) is 5.82 Å². The molecule has 0 saturated carbocycles. The van der Waals surface area contributed by atoms with Gasteiger partial charge >= 0.3 is 5.97 Å². The summed E-state index contributed by atoms with van der Waals surface area (Å²) in [5.41, 5.74) is 1.31. The molecular weight excluding hydrogens is 285 g/mol. The van der Waals surface area contributed by atoms with E-state index in [0.717, 1.165) is 5.56 Å². The minimum atomic E-state index is -0.845. The molecule has 2 atom stereocenters. The van der Waals surface area contributed by atoms with Crippen molar-refractivity contribution in [3.05, 3.63) is 71.5 Å². The van der Waals surface area contributed by atoms with Crippen LogP contribution in [0.1, 0.15) is 17.2 Å². The molecule has 0 N–H and O–H groups in total. The quantitative estimate of drug-likeness (QED) is 0.819. The molecule has 0 fully saturated rings. The topological polar surface area (TPSA) is 47.9 Å². The van der Waals surface area contributed by atoms with E-state index in [1.54, 1.807) is 12.1 Å². The van der Waals surface area contributed by atoms with E-state index in [4.69, 9.17) is 9.47 Å². The molecule has 0 aromatic heterocycles. The number of nitrogens with zero attached hydrogens (tertiary/aromatic N) is 1. The Bertz CT molecular complexity index is 715. The van der Waals surface area contributed by atoms with Gasteiger partial charge in [-0.25, -0.2) is 14.2 Å². The van der Waals surface area contributed by atoms with Gasteiger partial charge in [-0.1, -0.05) is 30.3 Å². The molecule has 4 nitrogen and oxygen atoms in total. The van der Waals surface area contributed by atoms with E-state index >= 15 is 0 Å². The van der Waals surface area contributed by atoms with Crippen LogP contribution in [0.25, 0.3) is 0 Å². The number of rotatable bonds is 3. The largest absolute Gasteiger partial charge is 0.467 e. The Hall–Kier alpha value is -2.69. The molecule has 112 valence electrons. The van der Waals surface area contributed by atoms with Crippen molar-refractivity contribution in [3.8, 4) is 0 Å². The smallest absolute Gasteiger partial charge is 0.335 e. The third-order valence-corrected chi connectivity index (χ3v) is 3.42. The summed E-state index contributed by atoms with van der Waals surface area (Å²) in [6.07, 6.45) is -0.696. The van der Waals surface area contributed by atoms with Crippen molar-refractivity contribution in [1.29, 1.82) is 0 Å². The lowest BCUT2D eigenvalue weighted by Crippen LogP contribution is -2.25. The van der Waals surface area contributed by atoms with Gasteiger partial charge in [0.2, 0.25) is 5.90 Å². The average molecular weight is 299 g/mol. The van der Waals surface area contributed by atoms with Gasteiger partial charge in [-0.2, -0.15) is 0 Å². The maximum Gasteiger partial charge on any atom is 0.335 e. The highest BCUT2D eigenvalue weighted by Gasteiger charge is 2.38. The summed E-state index contributed by atoms with van der Waals surface area (Å²) in [6, 6.07) is 14.4. The van der Waals surface area contributed by atoms with Crippen LogP contribution in [0.5, 0.6) is 0 Å². The van der Waals surface area contributed by atoms with Crippen LogP contribution in [0.3, 0.4) is 0 Å². The first-order valence-corrected chi connectivity index (χ1v) is 6.82. The van der Waals surface area contributed by atoms with E-state index in [0.29, 0.717) is 11.5 Å². The first-order valence-electron chi connectivity index (χ1n) is 6.82. The molecule has 22 heavy (non-hydrogen) atoms. The molecule has 2 aromatic rings. The predicted octanol–water partition coefficient (Wildman–Crippen LogP) is 2.89. The van der Waals surface area contributed by atoms with Crippen molar-refractivity contribution in [2.45, 2.75) is 12.1 Å². The molecule has 0 aliphatic carbocycles. The first kappa shape index (κ1) is 14.3. The monoisotopic (exact) mass is 299 g/mol. The van der Waals surface area contributed by atoms with Gasteiger partial charge in [0.15, 0.2) is 12.1 Å². The Morgan fingerprint density at radius 2 is 1.95 bits per heavy atom. The standard InChI is InChI=1S/C17H14FNO3/c1-21-17(20)14-15(12-8-5-9-13(18)10-12)22-16(19-14)11-6-3-2-4-7-11/h2-10,14-15H,1H3. The summed E-state index contributed by atoms with van der Waals surface area (Å²) in [7, 11) is 1.29. The van der Waals surface area contributed by atoms with Crippen molar-refractivity contribution in [1.82, 2.24) is 0 Å². The molecular formula is C17H14FNO3. The van der Waals surface area contributed by atoms with Gasteiger partial charge in [0.05, 0.1) is 7.11 Å². The summed E-state index contributed by atoms with van der Waals surface area (Å²) < 4.78 is 24.0. The summed E-state index contributed by atoms with van der Waals surface area (Å²) in [5, 5.41) is 0. The van der Waals surface area contributed by atoms with Crippen molar-refractivity contribution in [3.63, 3.8) is 0 Å². The lowest BCUT2D eigenvalue weighted by atomic mass is 10.0. The second-order valence-electron chi connectivity index (χ2n) is 4.86. The van der Waals surface area contributed by atoms with Crippen molar-refractivity contribution >= 4 is 11.9 Å². The number of halogens is 1. The fraction of sp³-hybridized carbons (Fsp3) is 0.176. The Balaban J connectivity index is 1.96. The molecule has 0 radical (unpaired) electrons. The van der Waals surface area contributed by atoms with E-state index in [2.05, 4.69) is 4.99 Å². The van der Waals surface area contributed by atoms with Crippen molar-refractivity contribution < 1.29 is 18.7 Å². The molecule has 5 heteroatoms. The molecule has 0 spiro atoms. The van der Waals surface area contributed by atoms with Crippen molar-refractivity contribution in [2.24, 2.45) is 4.99 Å². The van der Waals surface area contributed by atoms with Gasteiger partial charge in [-0.05, 0) is 29.8 Å². The number of carbonyl (C=O) groups excluding carboxylic acids is 1. The second kappa shape index (κ2) is 5.97. The van der Waals surface area contributed by atoms with Crippen LogP contribution >= 0.6 is 0 Å². The molecule has 1 heterocycles. The van der Waals surface area contributed by atoms with E-state index in [9.17, 15) is 9.18 Å². The van der Waals surface area contributed by atoms with Gasteiger partial charge in [-0.3, -0.25) is 0 Å². The third kappa shape index (κ3) is 2.70. The number of carbonyl (C=O) groups is 1. The summed E-state index contributed by atoms with van der Waals surface area (Å²) in [4.78, 5) is 16.3. The highest BCUT2D eigenvalue weighted by atomic mass is 19.1. The SMILES string of the molecule is COC(=O)C1N=C(c2ccccc2)OC1c1cccc(F)c1. The van der Waals surface area contributed by atoms with Crippen LogP contribution in [-0.2, 0) is 14.3 Å². The third-order valence-electron chi connectivity index (χ3n) is 3.42. The van der Waals surface area contributed by atoms with Crippen LogP contribution in [0.15, 0.2) is 59.6 Å². The zero-order chi connectivity index (χ0) is 15.5. The van der Waals surface area contributed by atoms with Crippen LogP contribution in [0, 0.1) is 5.82 Å². The van der Waals surface area contributed by atoms with E-state index in [1.165, 1.54) is 19.2 Å². The van der Waals surface area contributed by atoms with Crippen LogP contribution in [-0.4, -0.2) is 25.0 Å². The minimum Gasteiger partial charge on any atom is -0.467 e. The number of esters is 1. The fourth-order valence-corrected chi connectivity index (χ4v) is 2.36. The lowest BCUT2D eigenvalue weighted by molar-refractivity contribution is -0.143. The fourth-order valence-electron chi connectivity index (χ4n) is 2.36. The molecule has 3 rings (SSSR count). The Kier molecular flexibility index (Phi) is 3.87. The molecule has 1 aliphatic rings. The first-order chi connectivity index (χ1) is 10.7. The van der Waals surface area contributed by atoms with E-state index in [-0.39, 0.29) is 0 Å². The molecule has 0 bridgehead atoms. The minimum absolute atomic E-state index is 0.352. The van der Waals surface area contributed by atoms with Crippen LogP contribution < -0.4 is 0 Å². The normalized spacial score (nSPS) is 20.2. The number of hydrogen-bond acceptors (Lipinski definition) is 4. The molecule has 0 amide bonds. The number of hydrogen-bond donors (Lipinski definition) is 0. The summed E-state index contributed by atoms with van der Waals surface area (Å²) in [5.74, 6) is -0.552.